The molecule has 0 fully saturated rings. The number of methoxy groups -OCH3 is 2. The van der Waals surface area contributed by atoms with E-state index in [1.54, 1.807) is 25.1 Å². The van der Waals surface area contributed by atoms with Gasteiger partial charge >= 0.3 is 0 Å². The van der Waals surface area contributed by atoms with E-state index >= 15 is 0 Å². The summed E-state index contributed by atoms with van der Waals surface area (Å²) in [7, 11) is 3.22. The van der Waals surface area contributed by atoms with Crippen LogP contribution in [0.3, 0.4) is 0 Å². The average molecular weight is 308 g/mol. The van der Waals surface area contributed by atoms with Crippen molar-refractivity contribution in [2.24, 2.45) is 0 Å². The van der Waals surface area contributed by atoms with Crippen LogP contribution in [0.1, 0.15) is 10.4 Å². The molecule has 5 heteroatoms. The fourth-order valence-electron chi connectivity index (χ4n) is 2.39. The van der Waals surface area contributed by atoms with Gasteiger partial charge in [-0.1, -0.05) is 12.1 Å². The molecular formula is C18H16N2O3. The summed E-state index contributed by atoms with van der Waals surface area (Å²) in [6, 6.07) is 15.0. The van der Waals surface area contributed by atoms with Crippen molar-refractivity contribution in [1.82, 2.24) is 9.78 Å². The van der Waals surface area contributed by atoms with Crippen molar-refractivity contribution < 1.29 is 14.3 Å². The quantitative estimate of drug-likeness (QED) is 0.678. The second kappa shape index (κ2) is 6.36. The van der Waals surface area contributed by atoms with Crippen molar-refractivity contribution in [3.05, 3.63) is 60.3 Å². The Morgan fingerprint density at radius 3 is 2.39 bits per heavy atom. The lowest BCUT2D eigenvalue weighted by Gasteiger charge is -2.07. The van der Waals surface area contributed by atoms with Gasteiger partial charge in [0.15, 0.2) is 6.29 Å². The molecule has 0 aliphatic rings. The Balaban J connectivity index is 2.08. The number of nitrogens with zero attached hydrogens (tertiary/aromatic N) is 2. The van der Waals surface area contributed by atoms with Gasteiger partial charge in [-0.05, 0) is 36.4 Å². The van der Waals surface area contributed by atoms with E-state index in [2.05, 4.69) is 5.10 Å². The summed E-state index contributed by atoms with van der Waals surface area (Å²) in [5, 5.41) is 4.55. The molecular weight excluding hydrogens is 292 g/mol. The molecule has 5 nitrogen and oxygen atoms in total. The molecule has 1 aromatic heterocycles. The number of hydrogen-bond acceptors (Lipinski definition) is 4. The molecule has 3 rings (SSSR count). The summed E-state index contributed by atoms with van der Waals surface area (Å²) in [5.74, 6) is 1.44. The SMILES string of the molecule is COc1ccc(-c2nn(-c3ccccc3OC)cc2C=O)cc1. The second-order valence-electron chi connectivity index (χ2n) is 4.90. The van der Waals surface area contributed by atoms with Crippen LogP contribution < -0.4 is 9.47 Å². The third kappa shape index (κ3) is 2.81. The number of carbonyl (C=O) groups is 1. The maximum Gasteiger partial charge on any atom is 0.153 e. The first-order valence-corrected chi connectivity index (χ1v) is 7.09. The van der Waals surface area contributed by atoms with E-state index in [1.807, 2.05) is 48.5 Å². The van der Waals surface area contributed by atoms with Crippen molar-refractivity contribution in [1.29, 1.82) is 0 Å². The van der Waals surface area contributed by atoms with Gasteiger partial charge in [0.2, 0.25) is 0 Å². The van der Waals surface area contributed by atoms with Crippen LogP contribution in [0.4, 0.5) is 0 Å². The summed E-state index contributed by atoms with van der Waals surface area (Å²) in [4.78, 5) is 11.4. The minimum absolute atomic E-state index is 0.515. The van der Waals surface area contributed by atoms with E-state index in [9.17, 15) is 4.79 Å². The Labute approximate surface area is 134 Å². The smallest absolute Gasteiger partial charge is 0.153 e. The Bertz CT molecular complexity index is 823. The van der Waals surface area contributed by atoms with E-state index < -0.39 is 0 Å². The number of aromatic nitrogens is 2. The van der Waals surface area contributed by atoms with Crippen LogP contribution in [0.25, 0.3) is 16.9 Å². The van der Waals surface area contributed by atoms with Gasteiger partial charge in [0.25, 0.3) is 0 Å². The molecule has 0 bridgehead atoms. The number of aldehydes is 1. The Kier molecular flexibility index (Phi) is 4.10. The lowest BCUT2D eigenvalue weighted by molar-refractivity contribution is 0.112. The van der Waals surface area contributed by atoms with Crippen molar-refractivity contribution >= 4 is 6.29 Å². The minimum Gasteiger partial charge on any atom is -0.497 e. The third-order valence-electron chi connectivity index (χ3n) is 3.56. The highest BCUT2D eigenvalue weighted by atomic mass is 16.5. The number of benzene rings is 2. The first kappa shape index (κ1) is 14.8. The van der Waals surface area contributed by atoms with E-state index in [1.165, 1.54) is 0 Å². The molecule has 0 atom stereocenters. The van der Waals surface area contributed by atoms with E-state index in [0.717, 1.165) is 23.3 Å². The molecule has 116 valence electrons. The van der Waals surface area contributed by atoms with E-state index in [4.69, 9.17) is 9.47 Å². The molecule has 0 amide bonds. The van der Waals surface area contributed by atoms with Crippen molar-refractivity contribution in [3.8, 4) is 28.4 Å². The Morgan fingerprint density at radius 2 is 1.74 bits per heavy atom. The highest BCUT2D eigenvalue weighted by Crippen LogP contribution is 2.27. The average Bonchev–Trinajstić information content (AvgIpc) is 3.06. The lowest BCUT2D eigenvalue weighted by Crippen LogP contribution is -1.98. The van der Waals surface area contributed by atoms with E-state index in [0.29, 0.717) is 17.0 Å². The number of hydrogen-bond donors (Lipinski definition) is 0. The Hall–Kier alpha value is -3.08. The summed E-state index contributed by atoms with van der Waals surface area (Å²) in [5.41, 5.74) is 2.76. The van der Waals surface area contributed by atoms with Crippen molar-refractivity contribution in [2.45, 2.75) is 0 Å². The molecule has 0 saturated carbocycles. The van der Waals surface area contributed by atoms with Crippen LogP contribution in [0.15, 0.2) is 54.7 Å². The topological polar surface area (TPSA) is 53.4 Å². The normalized spacial score (nSPS) is 10.3. The molecule has 2 aromatic carbocycles. The minimum atomic E-state index is 0.515. The number of ether oxygens (including phenoxy) is 2. The zero-order valence-electron chi connectivity index (χ0n) is 12.9. The van der Waals surface area contributed by atoms with Crippen molar-refractivity contribution in [3.63, 3.8) is 0 Å². The van der Waals surface area contributed by atoms with E-state index in [-0.39, 0.29) is 0 Å². The van der Waals surface area contributed by atoms with Gasteiger partial charge in [-0.2, -0.15) is 5.10 Å². The predicted molar refractivity (Wildman–Crippen MR) is 87.5 cm³/mol. The van der Waals surface area contributed by atoms with Crippen LogP contribution in [-0.4, -0.2) is 30.3 Å². The molecule has 0 radical (unpaired) electrons. The zero-order chi connectivity index (χ0) is 16.2. The standard InChI is InChI=1S/C18H16N2O3/c1-22-15-9-7-13(8-10-15)18-14(12-21)11-20(19-18)16-5-3-4-6-17(16)23-2/h3-12H,1-2H3. The van der Waals surface area contributed by atoms with Crippen molar-refractivity contribution in [2.75, 3.05) is 14.2 Å². The predicted octanol–water partition coefficient (Wildman–Crippen LogP) is 3.37. The summed E-state index contributed by atoms with van der Waals surface area (Å²) in [6.07, 6.45) is 2.50. The molecule has 23 heavy (non-hydrogen) atoms. The van der Waals surface area contributed by atoms with Gasteiger partial charge in [0, 0.05) is 11.8 Å². The first-order chi connectivity index (χ1) is 11.3. The fourth-order valence-corrected chi connectivity index (χ4v) is 2.39. The lowest BCUT2D eigenvalue weighted by atomic mass is 10.1. The van der Waals surface area contributed by atoms with Gasteiger partial charge in [0.05, 0.1) is 19.8 Å². The summed E-state index contributed by atoms with van der Waals surface area (Å²) in [6.45, 7) is 0. The van der Waals surface area contributed by atoms with Gasteiger partial charge < -0.3 is 9.47 Å². The van der Waals surface area contributed by atoms with Gasteiger partial charge in [-0.25, -0.2) is 4.68 Å². The summed E-state index contributed by atoms with van der Waals surface area (Å²) < 4.78 is 12.2. The molecule has 3 aromatic rings. The van der Waals surface area contributed by atoms with Crippen LogP contribution >= 0.6 is 0 Å². The van der Waals surface area contributed by atoms with Crippen LogP contribution in [0.2, 0.25) is 0 Å². The number of para-hydroxylation sites is 2. The van der Waals surface area contributed by atoms with Crippen LogP contribution in [0.5, 0.6) is 11.5 Å². The monoisotopic (exact) mass is 308 g/mol. The highest BCUT2D eigenvalue weighted by molar-refractivity contribution is 5.85. The van der Waals surface area contributed by atoms with Crippen LogP contribution in [-0.2, 0) is 0 Å². The van der Waals surface area contributed by atoms with Crippen LogP contribution in [0, 0.1) is 0 Å². The molecule has 0 saturated heterocycles. The molecule has 0 N–H and O–H groups in total. The highest BCUT2D eigenvalue weighted by Gasteiger charge is 2.13. The number of rotatable bonds is 5. The zero-order valence-corrected chi connectivity index (χ0v) is 12.9. The molecule has 0 unspecified atom stereocenters. The fraction of sp³-hybridized carbons (Fsp3) is 0.111. The molecule has 0 spiro atoms. The largest absolute Gasteiger partial charge is 0.497 e. The number of carbonyl (C=O) groups excluding carboxylic acids is 1. The third-order valence-corrected chi connectivity index (χ3v) is 3.56. The Morgan fingerprint density at radius 1 is 1.00 bits per heavy atom. The van der Waals surface area contributed by atoms with Gasteiger partial charge in [0.1, 0.15) is 22.9 Å². The first-order valence-electron chi connectivity index (χ1n) is 7.09. The summed E-state index contributed by atoms with van der Waals surface area (Å²) >= 11 is 0. The maximum absolute atomic E-state index is 11.4. The molecule has 0 aliphatic carbocycles. The molecule has 0 aliphatic heterocycles. The van der Waals surface area contributed by atoms with Gasteiger partial charge in [-0.15, -0.1) is 0 Å². The maximum atomic E-state index is 11.4. The second-order valence-corrected chi connectivity index (χ2v) is 4.90. The molecule has 1 heterocycles. The van der Waals surface area contributed by atoms with Gasteiger partial charge in [-0.3, -0.25) is 4.79 Å².